The van der Waals surface area contributed by atoms with Crippen molar-refractivity contribution in [3.8, 4) is 0 Å². The van der Waals surface area contributed by atoms with Gasteiger partial charge in [0.1, 0.15) is 0 Å². The summed E-state index contributed by atoms with van der Waals surface area (Å²) in [6, 6.07) is 1.90. The summed E-state index contributed by atoms with van der Waals surface area (Å²) in [6.07, 6.45) is 3.97. The molecule has 16 heavy (non-hydrogen) atoms. The van der Waals surface area contributed by atoms with Gasteiger partial charge in [0.15, 0.2) is 0 Å². The van der Waals surface area contributed by atoms with E-state index in [9.17, 15) is 4.79 Å². The Balaban J connectivity index is 2.60. The van der Waals surface area contributed by atoms with Crippen molar-refractivity contribution in [3.63, 3.8) is 0 Å². The Labute approximate surface area is 99.4 Å². The average Bonchev–Trinajstić information content (AvgIpc) is 2.70. The number of ether oxygens (including phenoxy) is 1. The minimum atomic E-state index is -0.931. The van der Waals surface area contributed by atoms with Gasteiger partial charge in [-0.25, -0.2) is 4.79 Å². The molecule has 1 N–H and O–H groups in total. The van der Waals surface area contributed by atoms with Crippen molar-refractivity contribution in [2.24, 2.45) is 0 Å². The molecule has 4 heteroatoms. The Morgan fingerprint density at radius 1 is 1.69 bits per heavy atom. The Kier molecular flexibility index (Phi) is 5.22. The summed E-state index contributed by atoms with van der Waals surface area (Å²) >= 11 is 1.58. The summed E-state index contributed by atoms with van der Waals surface area (Å²) in [4.78, 5) is 11.5. The van der Waals surface area contributed by atoms with Crippen LogP contribution in [0.1, 0.15) is 30.7 Å². The van der Waals surface area contributed by atoms with Crippen LogP contribution in [-0.4, -0.2) is 17.2 Å². The highest BCUT2D eigenvalue weighted by molar-refractivity contribution is 7.10. The van der Waals surface area contributed by atoms with Crippen LogP contribution in [0.15, 0.2) is 17.5 Å². The highest BCUT2D eigenvalue weighted by atomic mass is 32.1. The number of carbonyl (C=O) groups is 1. The Morgan fingerprint density at radius 2 is 2.44 bits per heavy atom. The normalized spacial score (nSPS) is 13.1. The predicted octanol–water partition coefficient (Wildman–Crippen LogP) is 3.16. The van der Waals surface area contributed by atoms with E-state index in [1.165, 1.54) is 0 Å². The third-order valence-electron chi connectivity index (χ3n) is 2.26. The molecular formula is C12H16O3S. The van der Waals surface area contributed by atoms with E-state index in [2.05, 4.69) is 6.92 Å². The van der Waals surface area contributed by atoms with Crippen LogP contribution in [0.3, 0.4) is 0 Å². The third-order valence-corrected chi connectivity index (χ3v) is 3.17. The standard InChI is InChI=1S/C12H16O3S/c1-3-9(2)15-8-11-10(6-7-16-11)4-5-12(13)14/h4-7,9H,3,8H2,1-2H3,(H,13,14). The molecule has 88 valence electrons. The zero-order chi connectivity index (χ0) is 12.0. The largest absolute Gasteiger partial charge is 0.478 e. The lowest BCUT2D eigenvalue weighted by atomic mass is 10.2. The lowest BCUT2D eigenvalue weighted by Gasteiger charge is -2.09. The maximum Gasteiger partial charge on any atom is 0.328 e. The fourth-order valence-electron chi connectivity index (χ4n) is 1.11. The summed E-state index contributed by atoms with van der Waals surface area (Å²) in [7, 11) is 0. The van der Waals surface area contributed by atoms with Crippen LogP contribution < -0.4 is 0 Å². The van der Waals surface area contributed by atoms with E-state index in [1.54, 1.807) is 17.4 Å². The van der Waals surface area contributed by atoms with Crippen molar-refractivity contribution in [1.29, 1.82) is 0 Å². The number of rotatable bonds is 6. The summed E-state index contributed by atoms with van der Waals surface area (Å²) in [5, 5.41) is 10.5. The molecule has 0 saturated heterocycles. The van der Waals surface area contributed by atoms with Gasteiger partial charge in [-0.2, -0.15) is 0 Å². The number of hydrogen-bond donors (Lipinski definition) is 1. The zero-order valence-corrected chi connectivity index (χ0v) is 10.3. The fourth-order valence-corrected chi connectivity index (χ4v) is 1.90. The second-order valence-corrected chi connectivity index (χ2v) is 4.50. The van der Waals surface area contributed by atoms with E-state index in [4.69, 9.17) is 9.84 Å². The predicted molar refractivity (Wildman–Crippen MR) is 65.5 cm³/mol. The van der Waals surface area contributed by atoms with Gasteiger partial charge in [0.05, 0.1) is 12.7 Å². The Bertz CT molecular complexity index is 368. The lowest BCUT2D eigenvalue weighted by molar-refractivity contribution is -0.131. The van der Waals surface area contributed by atoms with Gasteiger partial charge in [-0.3, -0.25) is 0 Å². The molecule has 0 saturated carbocycles. The van der Waals surface area contributed by atoms with Gasteiger partial charge in [0, 0.05) is 11.0 Å². The molecule has 0 aliphatic carbocycles. The fraction of sp³-hybridized carbons (Fsp3) is 0.417. The molecule has 1 aromatic heterocycles. The number of hydrogen-bond acceptors (Lipinski definition) is 3. The van der Waals surface area contributed by atoms with Crippen LogP contribution in [-0.2, 0) is 16.1 Å². The minimum absolute atomic E-state index is 0.235. The maximum absolute atomic E-state index is 10.4. The number of aliphatic carboxylic acids is 1. The Morgan fingerprint density at radius 3 is 3.06 bits per heavy atom. The van der Waals surface area contributed by atoms with Crippen LogP contribution in [0, 0.1) is 0 Å². The van der Waals surface area contributed by atoms with Crippen molar-refractivity contribution in [2.75, 3.05) is 0 Å². The topological polar surface area (TPSA) is 46.5 Å². The maximum atomic E-state index is 10.4. The molecule has 1 rings (SSSR count). The van der Waals surface area contributed by atoms with Crippen LogP contribution in [0.5, 0.6) is 0 Å². The monoisotopic (exact) mass is 240 g/mol. The van der Waals surface area contributed by atoms with Crippen LogP contribution in [0.4, 0.5) is 0 Å². The molecule has 3 nitrogen and oxygen atoms in total. The molecule has 0 bridgehead atoms. The molecule has 1 atom stereocenters. The first kappa shape index (κ1) is 12.9. The molecule has 0 fully saturated rings. The Hall–Kier alpha value is -1.13. The van der Waals surface area contributed by atoms with Crippen LogP contribution in [0.25, 0.3) is 6.08 Å². The summed E-state index contributed by atoms with van der Waals surface area (Å²) in [5.74, 6) is -0.931. The molecule has 1 heterocycles. The van der Waals surface area contributed by atoms with E-state index in [-0.39, 0.29) is 6.10 Å². The number of carboxylic acids is 1. The summed E-state index contributed by atoms with van der Waals surface area (Å²) < 4.78 is 5.61. The zero-order valence-electron chi connectivity index (χ0n) is 9.47. The van der Waals surface area contributed by atoms with E-state index in [1.807, 2.05) is 18.4 Å². The van der Waals surface area contributed by atoms with Gasteiger partial charge in [-0.1, -0.05) is 6.92 Å². The van der Waals surface area contributed by atoms with Crippen LogP contribution >= 0.6 is 11.3 Å². The van der Waals surface area contributed by atoms with E-state index in [0.29, 0.717) is 6.61 Å². The van der Waals surface area contributed by atoms with Crippen molar-refractivity contribution in [3.05, 3.63) is 28.0 Å². The van der Waals surface area contributed by atoms with E-state index in [0.717, 1.165) is 22.9 Å². The first-order valence-electron chi connectivity index (χ1n) is 5.22. The summed E-state index contributed by atoms with van der Waals surface area (Å²) in [5.41, 5.74) is 0.927. The molecule has 1 unspecified atom stereocenters. The van der Waals surface area contributed by atoms with Gasteiger partial charge in [0.2, 0.25) is 0 Å². The van der Waals surface area contributed by atoms with Crippen molar-refractivity contribution < 1.29 is 14.6 Å². The molecule has 0 aromatic carbocycles. The number of thiophene rings is 1. The molecule has 0 aliphatic heterocycles. The van der Waals surface area contributed by atoms with Crippen molar-refractivity contribution in [1.82, 2.24) is 0 Å². The lowest BCUT2D eigenvalue weighted by Crippen LogP contribution is -2.05. The van der Waals surface area contributed by atoms with Crippen molar-refractivity contribution >= 4 is 23.4 Å². The average molecular weight is 240 g/mol. The van der Waals surface area contributed by atoms with Crippen molar-refractivity contribution in [2.45, 2.75) is 33.0 Å². The second-order valence-electron chi connectivity index (χ2n) is 3.50. The third kappa shape index (κ3) is 4.16. The first-order valence-corrected chi connectivity index (χ1v) is 6.10. The summed E-state index contributed by atoms with van der Waals surface area (Å²) in [6.45, 7) is 4.65. The molecule has 1 aromatic rings. The quantitative estimate of drug-likeness (QED) is 0.777. The number of carboxylic acid groups (broad SMARTS) is 1. The minimum Gasteiger partial charge on any atom is -0.478 e. The van der Waals surface area contributed by atoms with Gasteiger partial charge in [-0.15, -0.1) is 11.3 Å². The van der Waals surface area contributed by atoms with E-state index < -0.39 is 5.97 Å². The highest BCUT2D eigenvalue weighted by Gasteiger charge is 2.04. The van der Waals surface area contributed by atoms with Gasteiger partial charge < -0.3 is 9.84 Å². The van der Waals surface area contributed by atoms with Crippen LogP contribution in [0.2, 0.25) is 0 Å². The molecule has 0 spiro atoms. The molecular weight excluding hydrogens is 224 g/mol. The van der Waals surface area contributed by atoms with E-state index >= 15 is 0 Å². The smallest absolute Gasteiger partial charge is 0.328 e. The second kappa shape index (κ2) is 6.45. The molecule has 0 amide bonds. The first-order chi connectivity index (χ1) is 7.63. The highest BCUT2D eigenvalue weighted by Crippen LogP contribution is 2.20. The molecule has 0 aliphatic rings. The van der Waals surface area contributed by atoms with Gasteiger partial charge >= 0.3 is 5.97 Å². The molecule has 0 radical (unpaired) electrons. The van der Waals surface area contributed by atoms with Gasteiger partial charge in [-0.05, 0) is 36.4 Å². The van der Waals surface area contributed by atoms with Gasteiger partial charge in [0.25, 0.3) is 0 Å². The SMILES string of the molecule is CCC(C)OCc1sccc1C=CC(=O)O.